The summed E-state index contributed by atoms with van der Waals surface area (Å²) >= 11 is 2.23. The third kappa shape index (κ3) is 49.8. The molecule has 0 N–H and O–H groups in total. The molecule has 0 aliphatic rings. The van der Waals surface area contributed by atoms with E-state index in [1.165, 1.54) is 12.8 Å². The first kappa shape index (κ1) is 21.9. The maximum Gasteiger partial charge on any atom is -0.162 e. The molecule has 0 aliphatic carbocycles. The summed E-state index contributed by atoms with van der Waals surface area (Å²) in [7, 11) is 7.00. The summed E-state index contributed by atoms with van der Waals surface area (Å²) in [6.45, 7) is 3.18. The van der Waals surface area contributed by atoms with Crippen molar-refractivity contribution in [2.45, 2.75) is 19.8 Å². The molecule has 0 saturated carbocycles. The van der Waals surface area contributed by atoms with Crippen LogP contribution in [0.2, 0.25) is 0 Å². The van der Waals surface area contributed by atoms with Gasteiger partial charge in [0.15, 0.2) is 0 Å². The van der Waals surface area contributed by atoms with E-state index in [1.807, 2.05) is 30.3 Å². The number of rotatable bonds is 3. The van der Waals surface area contributed by atoms with E-state index in [1.54, 1.807) is 28.2 Å². The molecule has 0 saturated heterocycles. The Kier molecular flexibility index (Phi) is 38.1. The summed E-state index contributed by atoms with van der Waals surface area (Å²) in [6, 6.07) is 10.0. The Balaban J connectivity index is -0.000000162. The van der Waals surface area contributed by atoms with E-state index < -0.39 is 0 Å². The molecule has 0 spiro atoms. The third-order valence-electron chi connectivity index (χ3n) is 1.17. The van der Waals surface area contributed by atoms with E-state index in [2.05, 4.69) is 38.6 Å². The van der Waals surface area contributed by atoms with Crippen molar-refractivity contribution in [3.8, 4) is 0 Å². The second-order valence-corrected chi connectivity index (χ2v) is 3.52. The number of hydrogen-bond acceptors (Lipinski definition) is 1. The molecule has 1 aromatic rings. The van der Waals surface area contributed by atoms with Gasteiger partial charge in [0.1, 0.15) is 0 Å². The fourth-order valence-corrected chi connectivity index (χ4v) is 0.770. The van der Waals surface area contributed by atoms with E-state index in [-0.39, 0.29) is 0 Å². The van der Waals surface area contributed by atoms with Crippen LogP contribution in [-0.4, -0.2) is 34.7 Å². The average molecular weight is 275 g/mol. The van der Waals surface area contributed by atoms with Crippen molar-refractivity contribution in [2.24, 2.45) is 3.79 Å². The van der Waals surface area contributed by atoms with Crippen LogP contribution in [-0.2, 0) is 17.2 Å². The van der Waals surface area contributed by atoms with Crippen molar-refractivity contribution in [3.63, 3.8) is 0 Å². The van der Waals surface area contributed by atoms with Gasteiger partial charge in [-0.05, 0) is 0 Å². The molecule has 0 fully saturated rings. The van der Waals surface area contributed by atoms with Gasteiger partial charge in [-0.15, -0.1) is 0 Å². The van der Waals surface area contributed by atoms with Crippen molar-refractivity contribution in [2.75, 3.05) is 34.7 Å². The molecule has 0 bridgehead atoms. The van der Waals surface area contributed by atoms with Crippen LogP contribution in [0.1, 0.15) is 19.8 Å². The van der Waals surface area contributed by atoms with Gasteiger partial charge in [-0.25, -0.2) is 12.1 Å². The fourth-order valence-electron chi connectivity index (χ4n) is 0.550. The molecule has 3 nitrogen and oxygen atoms in total. The van der Waals surface area contributed by atoms with Crippen LogP contribution in [0.25, 0.3) is 10.6 Å². The van der Waals surface area contributed by atoms with E-state index in [0.717, 1.165) is 6.54 Å². The minimum atomic E-state index is 1.01. The number of nitrogens with zero attached hydrogens (tertiary/aromatic N) is 3. The monoisotopic (exact) mass is 275 g/mol. The van der Waals surface area contributed by atoms with E-state index in [0.29, 0.717) is 0 Å². The van der Waals surface area contributed by atoms with Gasteiger partial charge < -0.3 is 10.6 Å². The van der Waals surface area contributed by atoms with Gasteiger partial charge in [-0.3, -0.25) is 0 Å². The van der Waals surface area contributed by atoms with E-state index in [4.69, 9.17) is 0 Å². The second kappa shape index (κ2) is 29.6. The van der Waals surface area contributed by atoms with Gasteiger partial charge in [-0.1, -0.05) is 0 Å². The van der Waals surface area contributed by atoms with Crippen LogP contribution in [0.4, 0.5) is 0 Å². The Hall–Kier alpha value is -0.346. The van der Waals surface area contributed by atoms with Crippen LogP contribution in [0.5, 0.6) is 0 Å². The van der Waals surface area contributed by atoms with Crippen LogP contribution in [0.3, 0.4) is 0 Å². The average Bonchev–Trinajstić information content (AvgIpc) is 2.87. The van der Waals surface area contributed by atoms with Gasteiger partial charge in [-0.2, -0.15) is 46.4 Å². The van der Waals surface area contributed by atoms with Crippen molar-refractivity contribution in [1.29, 1.82) is 0 Å². The van der Waals surface area contributed by atoms with E-state index in [9.17, 15) is 0 Å². The second-order valence-electron chi connectivity index (χ2n) is 3.08. The largest absolute Gasteiger partial charge is 0.668 e. The Labute approximate surface area is 117 Å². The summed E-state index contributed by atoms with van der Waals surface area (Å²) in [5, 5.41) is 7.00. The summed E-state index contributed by atoms with van der Waals surface area (Å²) in [5.74, 6) is 0. The Bertz CT molecular complexity index is 158. The molecule has 0 amide bonds. The van der Waals surface area contributed by atoms with Gasteiger partial charge >= 0.3 is 47.3 Å². The molecule has 17 heavy (non-hydrogen) atoms. The molecule has 4 heteroatoms. The third-order valence-corrected chi connectivity index (χ3v) is 1.48. The molecule has 0 atom stereocenters. The number of hydrogen-bond donors (Lipinski definition) is 0. The van der Waals surface area contributed by atoms with Crippen LogP contribution >= 0.6 is 0 Å². The molecule has 0 aliphatic heterocycles. The molecular weight excluding hydrogens is 249 g/mol. The Morgan fingerprint density at radius 1 is 1.06 bits per heavy atom. The van der Waals surface area contributed by atoms with Crippen LogP contribution in [0.15, 0.2) is 34.1 Å². The van der Waals surface area contributed by atoms with E-state index >= 15 is 0 Å². The first-order chi connectivity index (χ1) is 8.24. The summed E-state index contributed by atoms with van der Waals surface area (Å²) < 4.78 is 3.86. The zero-order valence-electron chi connectivity index (χ0n) is 11.8. The first-order valence-electron chi connectivity index (χ1n) is 5.68. The number of unbranched alkanes of at least 4 members (excludes halogenated alkanes) is 1. The standard InChI is InChI=1S/C5H5.C4H9N.2C2H6N.V/c1-2-4-5-3-1;1-2-3-4-5;2*1-3-2;/h1-5H;2-4H2,1H3;2*1-2H3;/q-1;;2*-1;. The minimum Gasteiger partial charge on any atom is -0.668 e. The van der Waals surface area contributed by atoms with Crippen LogP contribution in [0, 0.1) is 0 Å². The SMILES string of the molecule is CCCC[N]=[V].C[N-]C.C[N-]C.c1cc[cH-]c1. The Morgan fingerprint density at radius 3 is 1.59 bits per heavy atom. The fraction of sp³-hybridized carbons (Fsp3) is 0.615. The van der Waals surface area contributed by atoms with Crippen LogP contribution < -0.4 is 0 Å². The smallest absolute Gasteiger partial charge is 0.162 e. The normalized spacial score (nSPS) is 7.29. The van der Waals surface area contributed by atoms with Crippen molar-refractivity contribution < 1.29 is 17.2 Å². The molecule has 0 heterocycles. The predicted octanol–water partition coefficient (Wildman–Crippen LogP) is 4.16. The predicted molar refractivity (Wildman–Crippen MR) is 74.7 cm³/mol. The summed E-state index contributed by atoms with van der Waals surface area (Å²) in [4.78, 5) is 0. The molecule has 101 valence electrons. The molecule has 1 rings (SSSR count). The maximum absolute atomic E-state index is 3.86. The zero-order chi connectivity index (χ0) is 13.8. The first-order valence-corrected chi connectivity index (χ1v) is 6.30. The van der Waals surface area contributed by atoms with Gasteiger partial charge in [0.05, 0.1) is 0 Å². The summed E-state index contributed by atoms with van der Waals surface area (Å²) in [6.07, 6.45) is 2.48. The van der Waals surface area contributed by atoms with Gasteiger partial charge in [0.25, 0.3) is 0 Å². The molecule has 0 radical (unpaired) electrons. The minimum absolute atomic E-state index is 1.01. The zero-order valence-corrected chi connectivity index (χ0v) is 13.2. The van der Waals surface area contributed by atoms with Crippen molar-refractivity contribution >= 4 is 0 Å². The molecule has 0 unspecified atom stereocenters. The summed E-state index contributed by atoms with van der Waals surface area (Å²) in [5.41, 5.74) is 0. The Morgan fingerprint density at radius 2 is 1.47 bits per heavy atom. The maximum atomic E-state index is 3.86. The molecule has 0 aromatic heterocycles. The van der Waals surface area contributed by atoms with Crippen molar-refractivity contribution in [1.82, 2.24) is 0 Å². The molecular formula is C13H26N3V-3. The van der Waals surface area contributed by atoms with Crippen molar-refractivity contribution in [3.05, 3.63) is 41.0 Å². The quantitative estimate of drug-likeness (QED) is 0.587. The molecule has 1 aromatic carbocycles. The van der Waals surface area contributed by atoms with Gasteiger partial charge in [0.2, 0.25) is 0 Å². The van der Waals surface area contributed by atoms with Gasteiger partial charge in [0, 0.05) is 0 Å². The topological polar surface area (TPSA) is 40.6 Å².